The van der Waals surface area contributed by atoms with E-state index in [9.17, 15) is 22.8 Å². The summed E-state index contributed by atoms with van der Waals surface area (Å²) in [4.78, 5) is 30.5. The van der Waals surface area contributed by atoms with Gasteiger partial charge in [-0.3, -0.25) is 9.59 Å². The van der Waals surface area contributed by atoms with Crippen LogP contribution >= 0.6 is 11.3 Å². The van der Waals surface area contributed by atoms with E-state index in [4.69, 9.17) is 0 Å². The molecule has 2 rings (SSSR count). The molecule has 0 fully saturated rings. The van der Waals surface area contributed by atoms with E-state index in [-0.39, 0.29) is 18.2 Å². The molecule has 1 heterocycles. The standard InChI is InChI=1S/C20H24F3N3O2S/c1-3-26(4-2)18(28)10-6-9-17(27)25-19-24-13-16(29-19)12-14-7-5-8-15(11-14)20(21,22)23/h5,7-8,11,13H,3-4,6,9-10,12H2,1-2H3,(H,24,25,27). The summed E-state index contributed by atoms with van der Waals surface area (Å²) >= 11 is 1.22. The molecule has 2 aromatic rings. The number of benzene rings is 1. The molecule has 1 aromatic carbocycles. The van der Waals surface area contributed by atoms with Crippen LogP contribution in [0.1, 0.15) is 49.1 Å². The second-order valence-electron chi connectivity index (χ2n) is 6.47. The van der Waals surface area contributed by atoms with E-state index in [2.05, 4.69) is 10.3 Å². The lowest BCUT2D eigenvalue weighted by molar-refractivity contribution is -0.137. The SMILES string of the molecule is CCN(CC)C(=O)CCCC(=O)Nc1ncc(Cc2cccc(C(F)(F)F)c2)s1. The smallest absolute Gasteiger partial charge is 0.343 e. The van der Waals surface area contributed by atoms with Crippen LogP contribution in [-0.2, 0) is 22.2 Å². The third-order valence-electron chi connectivity index (χ3n) is 4.34. The maximum atomic E-state index is 12.8. The minimum Gasteiger partial charge on any atom is -0.343 e. The van der Waals surface area contributed by atoms with Gasteiger partial charge in [-0.25, -0.2) is 4.98 Å². The summed E-state index contributed by atoms with van der Waals surface area (Å²) in [6, 6.07) is 5.15. The lowest BCUT2D eigenvalue weighted by Gasteiger charge is -2.18. The van der Waals surface area contributed by atoms with Crippen molar-refractivity contribution in [2.75, 3.05) is 18.4 Å². The van der Waals surface area contributed by atoms with Gasteiger partial charge in [-0.1, -0.05) is 18.2 Å². The molecule has 0 radical (unpaired) electrons. The molecule has 158 valence electrons. The number of carbonyl (C=O) groups excluding carboxylic acids is 2. The number of hydrogen-bond acceptors (Lipinski definition) is 4. The van der Waals surface area contributed by atoms with Crippen LogP contribution in [-0.4, -0.2) is 34.8 Å². The number of hydrogen-bond donors (Lipinski definition) is 1. The van der Waals surface area contributed by atoms with Crippen LogP contribution in [0.5, 0.6) is 0 Å². The lowest BCUT2D eigenvalue weighted by atomic mass is 10.1. The second kappa shape index (κ2) is 10.4. The topological polar surface area (TPSA) is 62.3 Å². The highest BCUT2D eigenvalue weighted by Gasteiger charge is 2.30. The molecule has 0 aliphatic rings. The molecule has 0 saturated heterocycles. The molecule has 1 N–H and O–H groups in total. The van der Waals surface area contributed by atoms with E-state index in [1.54, 1.807) is 17.2 Å². The summed E-state index contributed by atoms with van der Waals surface area (Å²) in [6.07, 6.45) is -1.57. The molecule has 0 saturated carbocycles. The Morgan fingerprint density at radius 3 is 2.55 bits per heavy atom. The Hall–Kier alpha value is -2.42. The van der Waals surface area contributed by atoms with Gasteiger partial charge in [-0.15, -0.1) is 11.3 Å². The number of nitrogens with one attached hydrogen (secondary N) is 1. The summed E-state index contributed by atoms with van der Waals surface area (Å²) in [5.74, 6) is -0.210. The first kappa shape index (κ1) is 22.9. The van der Waals surface area contributed by atoms with Gasteiger partial charge in [-0.05, 0) is 31.9 Å². The minimum atomic E-state index is -4.38. The van der Waals surface area contributed by atoms with Gasteiger partial charge in [0.25, 0.3) is 0 Å². The summed E-state index contributed by atoms with van der Waals surface area (Å²) in [6.45, 7) is 5.12. The van der Waals surface area contributed by atoms with E-state index >= 15 is 0 Å². The number of anilines is 1. The van der Waals surface area contributed by atoms with Crippen molar-refractivity contribution < 1.29 is 22.8 Å². The number of nitrogens with zero attached hydrogens (tertiary/aromatic N) is 2. The Morgan fingerprint density at radius 1 is 1.17 bits per heavy atom. The Labute approximate surface area is 171 Å². The fourth-order valence-electron chi connectivity index (χ4n) is 2.82. The zero-order valence-corrected chi connectivity index (χ0v) is 17.2. The van der Waals surface area contributed by atoms with Crippen LogP contribution in [0, 0.1) is 0 Å². The maximum absolute atomic E-state index is 12.8. The summed E-state index contributed by atoms with van der Waals surface area (Å²) < 4.78 is 38.4. The zero-order valence-electron chi connectivity index (χ0n) is 16.4. The normalized spacial score (nSPS) is 11.3. The lowest BCUT2D eigenvalue weighted by Crippen LogP contribution is -2.30. The zero-order chi connectivity index (χ0) is 21.4. The van der Waals surface area contributed by atoms with E-state index in [1.807, 2.05) is 13.8 Å². The maximum Gasteiger partial charge on any atom is 0.416 e. The molecule has 2 amide bonds. The number of thiazole rings is 1. The van der Waals surface area contributed by atoms with Gasteiger partial charge in [0.15, 0.2) is 5.13 Å². The predicted octanol–water partition coefficient (Wildman–Crippen LogP) is 4.73. The molecule has 0 bridgehead atoms. The van der Waals surface area contributed by atoms with Gasteiger partial charge in [0.1, 0.15) is 0 Å². The Balaban J connectivity index is 1.84. The fraction of sp³-hybridized carbons (Fsp3) is 0.450. The average Bonchev–Trinajstić information content (AvgIpc) is 3.09. The van der Waals surface area contributed by atoms with Crippen LogP contribution in [0.2, 0.25) is 0 Å². The fourth-order valence-corrected chi connectivity index (χ4v) is 3.69. The number of alkyl halides is 3. The molecule has 0 aliphatic heterocycles. The molecular formula is C20H24F3N3O2S. The first-order valence-electron chi connectivity index (χ1n) is 9.41. The highest BCUT2D eigenvalue weighted by molar-refractivity contribution is 7.15. The number of halogens is 3. The summed E-state index contributed by atoms with van der Waals surface area (Å²) in [5, 5.41) is 3.07. The van der Waals surface area contributed by atoms with E-state index < -0.39 is 11.7 Å². The molecule has 0 aliphatic carbocycles. The van der Waals surface area contributed by atoms with Gasteiger partial charge in [0.2, 0.25) is 11.8 Å². The molecule has 0 spiro atoms. The summed E-state index contributed by atoms with van der Waals surface area (Å²) in [5.41, 5.74) is -0.163. The van der Waals surface area contributed by atoms with Gasteiger partial charge < -0.3 is 10.2 Å². The molecule has 0 unspecified atom stereocenters. The van der Waals surface area contributed by atoms with Crippen LogP contribution in [0.25, 0.3) is 0 Å². The highest BCUT2D eigenvalue weighted by atomic mass is 32.1. The third-order valence-corrected chi connectivity index (χ3v) is 5.26. The van der Waals surface area contributed by atoms with Crippen molar-refractivity contribution in [1.82, 2.24) is 9.88 Å². The molecule has 5 nitrogen and oxygen atoms in total. The monoisotopic (exact) mass is 427 g/mol. The van der Waals surface area contributed by atoms with E-state index in [0.29, 0.717) is 43.0 Å². The molecule has 29 heavy (non-hydrogen) atoms. The molecule has 9 heteroatoms. The van der Waals surface area contributed by atoms with Crippen molar-refractivity contribution in [2.24, 2.45) is 0 Å². The van der Waals surface area contributed by atoms with Gasteiger partial charge in [0.05, 0.1) is 5.56 Å². The second-order valence-corrected chi connectivity index (χ2v) is 7.59. The van der Waals surface area contributed by atoms with E-state index in [1.165, 1.54) is 17.4 Å². The van der Waals surface area contributed by atoms with Crippen molar-refractivity contribution in [1.29, 1.82) is 0 Å². The van der Waals surface area contributed by atoms with Crippen LogP contribution in [0.3, 0.4) is 0 Å². The minimum absolute atomic E-state index is 0.0282. The van der Waals surface area contributed by atoms with Crippen LogP contribution < -0.4 is 5.32 Å². The van der Waals surface area contributed by atoms with Crippen molar-refractivity contribution in [2.45, 2.75) is 45.7 Å². The van der Waals surface area contributed by atoms with Crippen molar-refractivity contribution in [3.05, 3.63) is 46.5 Å². The van der Waals surface area contributed by atoms with Crippen LogP contribution in [0.4, 0.5) is 18.3 Å². The molecule has 1 aromatic heterocycles. The number of amides is 2. The first-order chi connectivity index (χ1) is 13.7. The Bertz CT molecular complexity index is 832. The quantitative estimate of drug-likeness (QED) is 0.629. The van der Waals surface area contributed by atoms with Crippen molar-refractivity contribution >= 4 is 28.3 Å². The first-order valence-corrected chi connectivity index (χ1v) is 10.2. The Morgan fingerprint density at radius 2 is 1.90 bits per heavy atom. The van der Waals surface area contributed by atoms with Crippen LogP contribution in [0.15, 0.2) is 30.5 Å². The summed E-state index contributed by atoms with van der Waals surface area (Å²) in [7, 11) is 0. The Kier molecular flexibility index (Phi) is 8.19. The van der Waals surface area contributed by atoms with Gasteiger partial charge in [-0.2, -0.15) is 13.2 Å². The average molecular weight is 427 g/mol. The predicted molar refractivity (Wildman–Crippen MR) is 107 cm³/mol. The number of rotatable bonds is 9. The van der Waals surface area contributed by atoms with Crippen molar-refractivity contribution in [3.63, 3.8) is 0 Å². The highest BCUT2D eigenvalue weighted by Crippen LogP contribution is 2.30. The van der Waals surface area contributed by atoms with Gasteiger partial charge in [0, 0.05) is 43.4 Å². The van der Waals surface area contributed by atoms with Crippen molar-refractivity contribution in [3.8, 4) is 0 Å². The number of aromatic nitrogens is 1. The third kappa shape index (κ3) is 7.16. The molecule has 0 atom stereocenters. The van der Waals surface area contributed by atoms with E-state index in [0.717, 1.165) is 17.0 Å². The molecular weight excluding hydrogens is 403 g/mol. The van der Waals surface area contributed by atoms with Gasteiger partial charge >= 0.3 is 6.18 Å². The largest absolute Gasteiger partial charge is 0.416 e. The number of carbonyl (C=O) groups is 2.